The normalized spacial score (nSPS) is 12.2. The second-order valence-corrected chi connectivity index (χ2v) is 10.7. The molecule has 0 saturated heterocycles. The van der Waals surface area contributed by atoms with Crippen molar-refractivity contribution in [1.29, 1.82) is 5.26 Å². The van der Waals surface area contributed by atoms with Crippen LogP contribution in [0.3, 0.4) is 0 Å². The fourth-order valence-electron chi connectivity index (χ4n) is 2.71. The van der Waals surface area contributed by atoms with Gasteiger partial charge in [0.05, 0.1) is 11.6 Å². The van der Waals surface area contributed by atoms with Crippen molar-refractivity contribution in [1.82, 2.24) is 0 Å². The lowest BCUT2D eigenvalue weighted by atomic mass is 10.0. The zero-order valence-electron chi connectivity index (χ0n) is 15.6. The van der Waals surface area contributed by atoms with Crippen LogP contribution < -0.4 is 0 Å². The minimum absolute atomic E-state index is 0.0951. The molecule has 0 unspecified atom stereocenters. The van der Waals surface area contributed by atoms with E-state index in [4.69, 9.17) is 13.0 Å². The van der Waals surface area contributed by atoms with Crippen LogP contribution in [0.1, 0.15) is 33.3 Å². The predicted octanol–water partition coefficient (Wildman–Crippen LogP) is 4.26. The average Bonchev–Trinajstić information content (AvgIpc) is 2.54. The number of phenols is 1. The highest BCUT2D eigenvalue weighted by molar-refractivity contribution is 7.98. The molecule has 0 aliphatic carbocycles. The van der Waals surface area contributed by atoms with E-state index in [-0.39, 0.29) is 16.6 Å². The Kier molecular flexibility index (Phi) is 7.76. The van der Waals surface area contributed by atoms with E-state index in [2.05, 4.69) is 33.8 Å². The molecule has 0 heterocycles. The third-order valence-corrected chi connectivity index (χ3v) is 7.11. The van der Waals surface area contributed by atoms with Crippen LogP contribution in [0.2, 0.25) is 0 Å². The molecule has 10 heteroatoms. The molecule has 0 bridgehead atoms. The Morgan fingerprint density at radius 1 is 1.11 bits per heavy atom. The SMILES string of the molecule is CC(C)[S+](c1ccc(O)c2c(C#N)cccc12)C(C)C.O=S(=O)([O-])C(F)(F)F. The molecule has 0 fully saturated rings. The van der Waals surface area contributed by atoms with E-state index in [1.807, 2.05) is 18.2 Å². The second kappa shape index (κ2) is 9.03. The van der Waals surface area contributed by atoms with Crippen molar-refractivity contribution in [3.8, 4) is 11.8 Å². The molecule has 0 aliphatic rings. The first-order valence-electron chi connectivity index (χ1n) is 8.11. The van der Waals surface area contributed by atoms with Crippen LogP contribution in [-0.2, 0) is 21.0 Å². The van der Waals surface area contributed by atoms with Gasteiger partial charge in [-0.2, -0.15) is 18.4 Å². The predicted molar refractivity (Wildman–Crippen MR) is 102 cm³/mol. The highest BCUT2D eigenvalue weighted by Crippen LogP contribution is 2.36. The Hall–Kier alpha value is -1.96. The number of nitriles is 1. The Balaban J connectivity index is 0.000000416. The third-order valence-electron chi connectivity index (χ3n) is 3.65. The highest BCUT2D eigenvalue weighted by Gasteiger charge is 2.37. The number of fused-ring (bicyclic) bond motifs is 1. The van der Waals surface area contributed by atoms with Crippen LogP contribution in [0.5, 0.6) is 5.75 Å². The zero-order chi connectivity index (χ0) is 21.9. The molecule has 0 spiro atoms. The Morgan fingerprint density at radius 3 is 2.00 bits per heavy atom. The Labute approximate surface area is 164 Å². The van der Waals surface area contributed by atoms with Crippen molar-refractivity contribution in [2.75, 3.05) is 0 Å². The molecule has 5 nitrogen and oxygen atoms in total. The van der Waals surface area contributed by atoms with Crippen LogP contribution >= 0.6 is 0 Å². The maximum atomic E-state index is 10.7. The molecule has 0 atom stereocenters. The van der Waals surface area contributed by atoms with Crippen LogP contribution in [-0.4, -0.2) is 34.1 Å². The van der Waals surface area contributed by atoms with Crippen molar-refractivity contribution >= 4 is 31.8 Å². The van der Waals surface area contributed by atoms with E-state index in [1.54, 1.807) is 12.1 Å². The van der Waals surface area contributed by atoms with Gasteiger partial charge in [0.15, 0.2) is 15.0 Å². The molecule has 0 saturated carbocycles. The molecule has 0 amide bonds. The monoisotopic (exact) mass is 435 g/mol. The van der Waals surface area contributed by atoms with E-state index in [9.17, 15) is 23.5 Å². The number of benzene rings is 2. The maximum Gasteiger partial charge on any atom is 0.485 e. The van der Waals surface area contributed by atoms with E-state index in [0.717, 1.165) is 5.39 Å². The second-order valence-electron chi connectivity index (χ2n) is 6.29. The number of rotatable bonds is 3. The van der Waals surface area contributed by atoms with Crippen molar-refractivity contribution < 1.29 is 31.2 Å². The number of aromatic hydroxyl groups is 1. The summed E-state index contributed by atoms with van der Waals surface area (Å²) in [5.74, 6) is 0.192. The van der Waals surface area contributed by atoms with Crippen molar-refractivity contribution in [2.45, 2.75) is 48.6 Å². The van der Waals surface area contributed by atoms with E-state index >= 15 is 0 Å². The molecule has 1 N–H and O–H groups in total. The summed E-state index contributed by atoms with van der Waals surface area (Å²) in [5.41, 5.74) is -5.11. The summed E-state index contributed by atoms with van der Waals surface area (Å²) in [6.45, 7) is 8.93. The Morgan fingerprint density at radius 2 is 1.61 bits per heavy atom. The van der Waals surface area contributed by atoms with Crippen molar-refractivity contribution in [2.24, 2.45) is 0 Å². The van der Waals surface area contributed by atoms with Gasteiger partial charge in [-0.3, -0.25) is 0 Å². The lowest BCUT2D eigenvalue weighted by Crippen LogP contribution is -2.24. The fourth-order valence-corrected chi connectivity index (χ4v) is 5.47. The lowest BCUT2D eigenvalue weighted by Gasteiger charge is -2.17. The average molecular weight is 435 g/mol. The number of phenolic OH excluding ortho intramolecular Hbond substituents is 1. The minimum Gasteiger partial charge on any atom is -0.741 e. The molecule has 0 aromatic heterocycles. The molecule has 154 valence electrons. The van der Waals surface area contributed by atoms with E-state index < -0.39 is 15.6 Å². The minimum atomic E-state index is -6.09. The van der Waals surface area contributed by atoms with Gasteiger partial charge in [0.25, 0.3) is 0 Å². The number of hydrogen-bond acceptors (Lipinski definition) is 5. The van der Waals surface area contributed by atoms with Gasteiger partial charge in [0, 0.05) is 21.7 Å². The van der Waals surface area contributed by atoms with Gasteiger partial charge in [-0.25, -0.2) is 8.42 Å². The van der Waals surface area contributed by atoms with Gasteiger partial charge in [-0.05, 0) is 52.0 Å². The summed E-state index contributed by atoms with van der Waals surface area (Å²) in [6.07, 6.45) is 0. The lowest BCUT2D eigenvalue weighted by molar-refractivity contribution is -0.0517. The smallest absolute Gasteiger partial charge is 0.485 e. The molecule has 2 aromatic rings. The van der Waals surface area contributed by atoms with Gasteiger partial charge < -0.3 is 9.66 Å². The maximum absolute atomic E-state index is 10.7. The first kappa shape index (κ1) is 24.1. The standard InChI is InChI=1S/C17H19NOS.CHF3O3S/c1-11(2)20(12(3)4)16-9-8-15(19)17-13(10-18)6-5-7-14(16)17;2-1(3,4)8(5,6)7/h5-9,11-12H,1-4H3;(H,5,6,7). The molecular formula is C18H20F3NO4S2. The first-order chi connectivity index (χ1) is 12.7. The van der Waals surface area contributed by atoms with Gasteiger partial charge in [-0.1, -0.05) is 6.07 Å². The third kappa shape index (κ3) is 5.53. The summed E-state index contributed by atoms with van der Waals surface area (Å²) in [5, 5.41) is 22.1. The topological polar surface area (TPSA) is 101 Å². The van der Waals surface area contributed by atoms with Crippen LogP contribution in [0.25, 0.3) is 10.8 Å². The van der Waals surface area contributed by atoms with E-state index in [1.165, 1.54) is 4.90 Å². The van der Waals surface area contributed by atoms with Gasteiger partial charge in [-0.15, -0.1) is 0 Å². The fraction of sp³-hybridized carbons (Fsp3) is 0.389. The molecule has 0 radical (unpaired) electrons. The van der Waals surface area contributed by atoms with Crippen molar-refractivity contribution in [3.63, 3.8) is 0 Å². The van der Waals surface area contributed by atoms with Gasteiger partial charge >= 0.3 is 5.51 Å². The number of halogens is 3. The summed E-state index contributed by atoms with van der Waals surface area (Å²) >= 11 is 0. The van der Waals surface area contributed by atoms with Crippen LogP contribution in [0.4, 0.5) is 13.2 Å². The molecular weight excluding hydrogens is 415 g/mol. The quantitative estimate of drug-likeness (QED) is 0.441. The number of hydrogen-bond donors (Lipinski definition) is 1. The zero-order valence-corrected chi connectivity index (χ0v) is 17.2. The molecule has 2 aromatic carbocycles. The largest absolute Gasteiger partial charge is 0.741 e. The van der Waals surface area contributed by atoms with Crippen molar-refractivity contribution in [3.05, 3.63) is 35.9 Å². The number of alkyl halides is 3. The molecule has 2 rings (SSSR count). The van der Waals surface area contributed by atoms with E-state index in [0.29, 0.717) is 21.4 Å². The summed E-state index contributed by atoms with van der Waals surface area (Å²) in [7, 11) is -6.00. The van der Waals surface area contributed by atoms with Crippen LogP contribution in [0, 0.1) is 11.3 Å². The van der Waals surface area contributed by atoms with Crippen LogP contribution in [0.15, 0.2) is 35.2 Å². The number of nitrogens with zero attached hydrogens (tertiary/aromatic N) is 1. The summed E-state index contributed by atoms with van der Waals surface area (Å²) < 4.78 is 58.9. The van der Waals surface area contributed by atoms with Gasteiger partial charge in [0.2, 0.25) is 0 Å². The summed E-state index contributed by atoms with van der Waals surface area (Å²) in [6, 6.07) is 11.6. The van der Waals surface area contributed by atoms with Gasteiger partial charge in [0.1, 0.15) is 16.2 Å². The summed E-state index contributed by atoms with van der Waals surface area (Å²) in [4.78, 5) is 1.25. The molecule has 28 heavy (non-hydrogen) atoms. The highest BCUT2D eigenvalue weighted by atomic mass is 32.2. The Bertz CT molecular complexity index is 973. The molecule has 0 aliphatic heterocycles. The first-order valence-corrected chi connectivity index (χ1v) is 10.9.